The summed E-state index contributed by atoms with van der Waals surface area (Å²) in [5.74, 6) is 1.27. The first kappa shape index (κ1) is 21.6. The number of ether oxygens (including phenoxy) is 2. The van der Waals surface area contributed by atoms with E-state index in [1.54, 1.807) is 12.1 Å². The molecule has 8 heteroatoms. The molecule has 0 radical (unpaired) electrons. The van der Waals surface area contributed by atoms with Crippen molar-refractivity contribution >= 4 is 5.96 Å². The van der Waals surface area contributed by atoms with E-state index in [-0.39, 0.29) is 12.3 Å². The van der Waals surface area contributed by atoms with Crippen LogP contribution in [-0.2, 0) is 6.54 Å². The van der Waals surface area contributed by atoms with E-state index in [2.05, 4.69) is 32.3 Å². The van der Waals surface area contributed by atoms with Crippen LogP contribution in [0, 0.1) is 0 Å². The number of piperidine rings is 2. The highest BCUT2D eigenvalue weighted by molar-refractivity contribution is 5.80. The summed E-state index contributed by atoms with van der Waals surface area (Å²) >= 11 is 0. The van der Waals surface area contributed by atoms with Crippen LogP contribution in [0.3, 0.4) is 0 Å². The minimum absolute atomic E-state index is 0.0905. The second-order valence-corrected chi connectivity index (χ2v) is 7.76. The third-order valence-electron chi connectivity index (χ3n) is 5.92. The lowest BCUT2D eigenvalue weighted by molar-refractivity contribution is -0.0505. The summed E-state index contributed by atoms with van der Waals surface area (Å²) in [4.78, 5) is 7.15. The summed E-state index contributed by atoms with van der Waals surface area (Å²) in [6.45, 7) is 0.0870. The summed E-state index contributed by atoms with van der Waals surface area (Å²) in [6, 6.07) is 6.51. The highest BCUT2D eigenvalue weighted by Crippen LogP contribution is 2.32. The normalized spacial score (nSPS) is 25.0. The van der Waals surface area contributed by atoms with Gasteiger partial charge in [-0.1, -0.05) is 6.42 Å². The highest BCUT2D eigenvalue weighted by atomic mass is 19.3. The predicted molar refractivity (Wildman–Crippen MR) is 110 cm³/mol. The van der Waals surface area contributed by atoms with Crippen LogP contribution in [0.2, 0.25) is 0 Å². The Bertz CT molecular complexity index is 687. The van der Waals surface area contributed by atoms with Crippen molar-refractivity contribution in [1.29, 1.82) is 0 Å². The van der Waals surface area contributed by atoms with Crippen molar-refractivity contribution in [3.8, 4) is 11.5 Å². The van der Waals surface area contributed by atoms with Gasteiger partial charge in [0.1, 0.15) is 11.5 Å². The largest absolute Gasteiger partial charge is 0.497 e. The maximum Gasteiger partial charge on any atom is 0.387 e. The Labute approximate surface area is 171 Å². The van der Waals surface area contributed by atoms with E-state index in [1.165, 1.54) is 32.4 Å². The van der Waals surface area contributed by atoms with Gasteiger partial charge in [0.25, 0.3) is 0 Å². The molecular weight excluding hydrogens is 378 g/mol. The number of nitrogens with one attached hydrogen (secondary N) is 2. The summed E-state index contributed by atoms with van der Waals surface area (Å²) in [5.41, 5.74) is 0.587. The van der Waals surface area contributed by atoms with Crippen LogP contribution in [0.1, 0.15) is 44.6 Å². The zero-order valence-electron chi connectivity index (χ0n) is 17.5. The van der Waals surface area contributed by atoms with E-state index in [0.29, 0.717) is 35.4 Å². The van der Waals surface area contributed by atoms with E-state index in [9.17, 15) is 8.78 Å². The number of hydrogen-bond donors (Lipinski definition) is 2. The lowest BCUT2D eigenvalue weighted by Crippen LogP contribution is -2.56. The number of alkyl halides is 2. The van der Waals surface area contributed by atoms with Gasteiger partial charge in [0.15, 0.2) is 5.96 Å². The van der Waals surface area contributed by atoms with Crippen LogP contribution in [0.15, 0.2) is 23.2 Å². The Morgan fingerprint density at radius 1 is 1.28 bits per heavy atom. The first-order chi connectivity index (χ1) is 14.0. The Kier molecular flexibility index (Phi) is 7.52. The van der Waals surface area contributed by atoms with E-state index < -0.39 is 6.61 Å². The Morgan fingerprint density at radius 3 is 2.62 bits per heavy atom. The molecule has 3 rings (SSSR count). The monoisotopic (exact) mass is 410 g/mol. The molecule has 29 heavy (non-hydrogen) atoms. The standard InChI is InChI=1S/C21H32F2N4O2/c1-4-24-21(26-15-10-16-6-5-7-17(11-15)27(16)2)25-13-14-8-9-18(28-3)12-19(14)29-20(22)23/h8-9,12,15-17,20H,4-7,10-11,13H2,1-3H3,(H2,24,25,26). The average molecular weight is 411 g/mol. The fraction of sp³-hybridized carbons (Fsp3) is 0.667. The van der Waals surface area contributed by atoms with Gasteiger partial charge in [-0.2, -0.15) is 8.78 Å². The maximum absolute atomic E-state index is 12.8. The molecule has 2 atom stereocenters. The van der Waals surface area contributed by atoms with Gasteiger partial charge in [-0.3, -0.25) is 0 Å². The quantitative estimate of drug-likeness (QED) is 0.533. The van der Waals surface area contributed by atoms with Crippen LogP contribution in [0.4, 0.5) is 8.78 Å². The van der Waals surface area contributed by atoms with Gasteiger partial charge in [0.2, 0.25) is 0 Å². The van der Waals surface area contributed by atoms with Crippen molar-refractivity contribution < 1.29 is 18.3 Å². The SMILES string of the molecule is CCNC(=NCc1ccc(OC)cc1OC(F)F)NC1CC2CCCC(C1)N2C. The summed E-state index contributed by atoms with van der Waals surface area (Å²) in [5, 5.41) is 6.83. The molecule has 0 amide bonds. The van der Waals surface area contributed by atoms with Gasteiger partial charge in [-0.15, -0.1) is 0 Å². The number of benzene rings is 1. The van der Waals surface area contributed by atoms with Crippen LogP contribution in [-0.4, -0.2) is 56.3 Å². The number of methoxy groups -OCH3 is 1. The summed E-state index contributed by atoms with van der Waals surface area (Å²) < 4.78 is 35.3. The fourth-order valence-electron chi connectivity index (χ4n) is 4.41. The number of halogens is 2. The van der Waals surface area contributed by atoms with E-state index in [1.807, 2.05) is 6.92 Å². The number of guanidine groups is 1. The van der Waals surface area contributed by atoms with Crippen molar-refractivity contribution in [1.82, 2.24) is 15.5 Å². The molecule has 0 spiro atoms. The van der Waals surface area contributed by atoms with Crippen molar-refractivity contribution in [2.75, 3.05) is 20.7 Å². The molecular formula is C21H32F2N4O2. The fourth-order valence-corrected chi connectivity index (χ4v) is 4.41. The van der Waals surface area contributed by atoms with Crippen LogP contribution in [0.5, 0.6) is 11.5 Å². The van der Waals surface area contributed by atoms with Crippen molar-refractivity contribution in [2.45, 2.75) is 70.3 Å². The Balaban J connectivity index is 1.69. The van der Waals surface area contributed by atoms with Crippen molar-refractivity contribution in [3.63, 3.8) is 0 Å². The number of hydrogen-bond acceptors (Lipinski definition) is 4. The molecule has 2 heterocycles. The first-order valence-electron chi connectivity index (χ1n) is 10.4. The zero-order chi connectivity index (χ0) is 20.8. The second kappa shape index (κ2) is 10.1. The molecule has 2 aliphatic rings. The molecule has 2 unspecified atom stereocenters. The van der Waals surface area contributed by atoms with Gasteiger partial charge in [0.05, 0.1) is 13.7 Å². The molecule has 6 nitrogen and oxygen atoms in total. The topological polar surface area (TPSA) is 58.1 Å². The molecule has 0 aromatic heterocycles. The molecule has 0 saturated carbocycles. The summed E-state index contributed by atoms with van der Waals surface area (Å²) in [6.07, 6.45) is 6.00. The molecule has 1 aromatic carbocycles. The summed E-state index contributed by atoms with van der Waals surface area (Å²) in [7, 11) is 3.72. The molecule has 2 fully saturated rings. The minimum Gasteiger partial charge on any atom is -0.497 e. The second-order valence-electron chi connectivity index (χ2n) is 7.76. The Morgan fingerprint density at radius 2 is 2.00 bits per heavy atom. The number of nitrogens with zero attached hydrogens (tertiary/aromatic N) is 2. The molecule has 2 aliphatic heterocycles. The maximum atomic E-state index is 12.8. The lowest BCUT2D eigenvalue weighted by atomic mass is 9.82. The molecule has 1 aromatic rings. The number of fused-ring (bicyclic) bond motifs is 2. The third-order valence-corrected chi connectivity index (χ3v) is 5.92. The van der Waals surface area contributed by atoms with Gasteiger partial charge in [0, 0.05) is 36.3 Å². The zero-order valence-corrected chi connectivity index (χ0v) is 17.5. The predicted octanol–water partition coefficient (Wildman–Crippen LogP) is 3.37. The molecule has 162 valence electrons. The van der Waals surface area contributed by atoms with E-state index in [0.717, 1.165) is 19.4 Å². The molecule has 0 aliphatic carbocycles. The lowest BCUT2D eigenvalue weighted by Gasteiger charge is -2.47. The molecule has 2 bridgehead atoms. The number of rotatable bonds is 7. The first-order valence-corrected chi connectivity index (χ1v) is 10.4. The van der Waals surface area contributed by atoms with E-state index >= 15 is 0 Å². The smallest absolute Gasteiger partial charge is 0.387 e. The van der Waals surface area contributed by atoms with Gasteiger partial charge < -0.3 is 25.0 Å². The average Bonchev–Trinajstić information content (AvgIpc) is 2.67. The molecule has 2 N–H and O–H groups in total. The third kappa shape index (κ3) is 5.72. The Hall–Kier alpha value is -2.09. The van der Waals surface area contributed by atoms with Gasteiger partial charge in [-0.25, -0.2) is 4.99 Å². The molecule has 2 saturated heterocycles. The van der Waals surface area contributed by atoms with Crippen LogP contribution in [0.25, 0.3) is 0 Å². The van der Waals surface area contributed by atoms with Gasteiger partial charge in [-0.05, 0) is 51.8 Å². The highest BCUT2D eigenvalue weighted by Gasteiger charge is 2.36. The van der Waals surface area contributed by atoms with Gasteiger partial charge >= 0.3 is 6.61 Å². The number of aliphatic imine (C=N–C) groups is 1. The van der Waals surface area contributed by atoms with E-state index in [4.69, 9.17) is 4.74 Å². The van der Waals surface area contributed by atoms with Crippen molar-refractivity contribution in [3.05, 3.63) is 23.8 Å². The van der Waals surface area contributed by atoms with Crippen LogP contribution >= 0.6 is 0 Å². The van der Waals surface area contributed by atoms with Crippen molar-refractivity contribution in [2.24, 2.45) is 4.99 Å². The van der Waals surface area contributed by atoms with Crippen LogP contribution < -0.4 is 20.1 Å². The minimum atomic E-state index is -2.89.